The first-order valence-corrected chi connectivity index (χ1v) is 5.83. The van der Waals surface area contributed by atoms with Crippen LogP contribution in [0.2, 0.25) is 0 Å². The fourth-order valence-corrected chi connectivity index (χ4v) is 1.83. The van der Waals surface area contributed by atoms with Crippen molar-refractivity contribution in [2.24, 2.45) is 5.92 Å². The van der Waals surface area contributed by atoms with E-state index in [0.29, 0.717) is 0 Å². The van der Waals surface area contributed by atoms with E-state index in [2.05, 4.69) is 15.5 Å². The molecular weight excluding hydrogens is 261 g/mol. The van der Waals surface area contributed by atoms with Gasteiger partial charge in [0.2, 0.25) is 5.91 Å². The maximum absolute atomic E-state index is 11.7. The van der Waals surface area contributed by atoms with Crippen molar-refractivity contribution in [1.29, 1.82) is 0 Å². The second-order valence-electron chi connectivity index (χ2n) is 4.49. The van der Waals surface area contributed by atoms with E-state index in [-0.39, 0.29) is 36.6 Å². The first-order chi connectivity index (χ1) is 7.20. The summed E-state index contributed by atoms with van der Waals surface area (Å²) in [5.41, 5.74) is 0. The number of rotatable bonds is 5. The Bertz CT molecular complexity index is 197. The number of carbonyl (C=O) groups is 1. The Hall–Kier alpha value is -0.0300. The molecule has 1 heterocycles. The number of hydrogen-bond donors (Lipinski definition) is 2. The van der Waals surface area contributed by atoms with E-state index in [0.717, 1.165) is 45.4 Å². The Balaban J connectivity index is 0. The summed E-state index contributed by atoms with van der Waals surface area (Å²) in [6, 6.07) is 0. The zero-order valence-electron chi connectivity index (χ0n) is 10.7. The first-order valence-electron chi connectivity index (χ1n) is 5.83. The van der Waals surface area contributed by atoms with Crippen molar-refractivity contribution in [1.82, 2.24) is 15.5 Å². The number of piperidine rings is 1. The van der Waals surface area contributed by atoms with Gasteiger partial charge in [-0.25, -0.2) is 0 Å². The third-order valence-electron chi connectivity index (χ3n) is 2.75. The Kier molecular flexibility index (Phi) is 12.6. The highest BCUT2D eigenvalue weighted by atomic mass is 35.5. The highest BCUT2D eigenvalue weighted by Crippen LogP contribution is 2.09. The number of hydrogen-bond acceptors (Lipinski definition) is 3. The molecular formula is C11H25Cl2N3O. The molecule has 6 heteroatoms. The third-order valence-corrected chi connectivity index (χ3v) is 2.75. The lowest BCUT2D eigenvalue weighted by Crippen LogP contribution is -2.41. The van der Waals surface area contributed by atoms with Gasteiger partial charge in [-0.2, -0.15) is 0 Å². The lowest BCUT2D eigenvalue weighted by Gasteiger charge is -2.22. The maximum atomic E-state index is 11.7. The molecule has 4 nitrogen and oxygen atoms in total. The van der Waals surface area contributed by atoms with Gasteiger partial charge in [-0.15, -0.1) is 24.8 Å². The van der Waals surface area contributed by atoms with Crippen molar-refractivity contribution in [3.63, 3.8) is 0 Å². The molecule has 1 rings (SSSR count). The molecule has 2 N–H and O–H groups in total. The minimum Gasteiger partial charge on any atom is -0.356 e. The summed E-state index contributed by atoms with van der Waals surface area (Å²) in [7, 11) is 4.10. The van der Waals surface area contributed by atoms with Crippen LogP contribution in [-0.2, 0) is 4.79 Å². The molecule has 1 aliphatic heterocycles. The van der Waals surface area contributed by atoms with E-state index in [1.165, 1.54) is 0 Å². The molecule has 0 aromatic carbocycles. The lowest BCUT2D eigenvalue weighted by molar-refractivity contribution is -0.125. The summed E-state index contributed by atoms with van der Waals surface area (Å²) < 4.78 is 0. The summed E-state index contributed by atoms with van der Waals surface area (Å²) >= 11 is 0. The molecule has 0 aromatic rings. The van der Waals surface area contributed by atoms with Crippen LogP contribution in [0.25, 0.3) is 0 Å². The molecule has 1 fully saturated rings. The highest BCUT2D eigenvalue weighted by Gasteiger charge is 2.19. The Morgan fingerprint density at radius 2 is 2.12 bits per heavy atom. The molecule has 0 bridgehead atoms. The summed E-state index contributed by atoms with van der Waals surface area (Å²) in [4.78, 5) is 13.8. The summed E-state index contributed by atoms with van der Waals surface area (Å²) in [5, 5.41) is 6.26. The van der Waals surface area contributed by atoms with Crippen LogP contribution in [0.5, 0.6) is 0 Å². The third kappa shape index (κ3) is 8.66. The first kappa shape index (κ1) is 19.3. The van der Waals surface area contributed by atoms with Gasteiger partial charge in [0.15, 0.2) is 0 Å². The SMILES string of the molecule is CN(C)CCCNC(=O)C1CCCNC1.Cl.Cl. The zero-order valence-corrected chi connectivity index (χ0v) is 12.3. The van der Waals surface area contributed by atoms with Gasteiger partial charge in [0.1, 0.15) is 0 Å². The Morgan fingerprint density at radius 1 is 1.41 bits per heavy atom. The zero-order chi connectivity index (χ0) is 11.1. The van der Waals surface area contributed by atoms with E-state index >= 15 is 0 Å². The molecule has 104 valence electrons. The van der Waals surface area contributed by atoms with Gasteiger partial charge in [-0.3, -0.25) is 4.79 Å². The topological polar surface area (TPSA) is 44.4 Å². The Labute approximate surface area is 117 Å². The number of nitrogens with one attached hydrogen (secondary N) is 2. The van der Waals surface area contributed by atoms with Gasteiger partial charge in [-0.1, -0.05) is 0 Å². The summed E-state index contributed by atoms with van der Waals surface area (Å²) in [5.74, 6) is 0.416. The highest BCUT2D eigenvalue weighted by molar-refractivity contribution is 5.85. The smallest absolute Gasteiger partial charge is 0.224 e. The monoisotopic (exact) mass is 285 g/mol. The van der Waals surface area contributed by atoms with Gasteiger partial charge in [0.25, 0.3) is 0 Å². The van der Waals surface area contributed by atoms with Crippen molar-refractivity contribution in [3.05, 3.63) is 0 Å². The number of nitrogens with zero attached hydrogens (tertiary/aromatic N) is 1. The fourth-order valence-electron chi connectivity index (χ4n) is 1.83. The Morgan fingerprint density at radius 3 is 2.65 bits per heavy atom. The molecule has 1 atom stereocenters. The standard InChI is InChI=1S/C11H23N3O.2ClH/c1-14(2)8-4-7-13-11(15)10-5-3-6-12-9-10;;/h10,12H,3-9H2,1-2H3,(H,13,15);2*1H. The number of amides is 1. The van der Waals surface area contributed by atoms with Crippen LogP contribution in [0.4, 0.5) is 0 Å². The van der Waals surface area contributed by atoms with E-state index in [4.69, 9.17) is 0 Å². The van der Waals surface area contributed by atoms with E-state index in [1.54, 1.807) is 0 Å². The minimum atomic E-state index is 0. The van der Waals surface area contributed by atoms with Crippen molar-refractivity contribution >= 4 is 30.7 Å². The van der Waals surface area contributed by atoms with Crippen LogP contribution in [0.3, 0.4) is 0 Å². The van der Waals surface area contributed by atoms with Crippen molar-refractivity contribution in [3.8, 4) is 0 Å². The van der Waals surface area contributed by atoms with Gasteiger partial charge in [-0.05, 0) is 46.4 Å². The van der Waals surface area contributed by atoms with E-state index in [9.17, 15) is 4.79 Å². The second kappa shape index (κ2) is 11.1. The minimum absolute atomic E-state index is 0. The van der Waals surface area contributed by atoms with E-state index in [1.807, 2.05) is 14.1 Å². The fraction of sp³-hybridized carbons (Fsp3) is 0.909. The van der Waals surface area contributed by atoms with Gasteiger partial charge in [0, 0.05) is 13.1 Å². The van der Waals surface area contributed by atoms with Gasteiger partial charge < -0.3 is 15.5 Å². The van der Waals surface area contributed by atoms with Crippen LogP contribution in [-0.4, -0.2) is 51.1 Å². The normalized spacial score (nSPS) is 19.1. The van der Waals surface area contributed by atoms with Crippen LogP contribution in [0.1, 0.15) is 19.3 Å². The maximum Gasteiger partial charge on any atom is 0.224 e. The predicted octanol–water partition coefficient (Wildman–Crippen LogP) is 0.897. The van der Waals surface area contributed by atoms with Crippen molar-refractivity contribution in [2.45, 2.75) is 19.3 Å². The second-order valence-corrected chi connectivity index (χ2v) is 4.49. The molecule has 1 amide bonds. The van der Waals surface area contributed by atoms with Gasteiger partial charge >= 0.3 is 0 Å². The van der Waals surface area contributed by atoms with Crippen molar-refractivity contribution < 1.29 is 4.79 Å². The van der Waals surface area contributed by atoms with Crippen LogP contribution >= 0.6 is 24.8 Å². The molecule has 0 aromatic heterocycles. The van der Waals surface area contributed by atoms with Crippen molar-refractivity contribution in [2.75, 3.05) is 40.3 Å². The average molecular weight is 286 g/mol. The van der Waals surface area contributed by atoms with E-state index < -0.39 is 0 Å². The average Bonchev–Trinajstić information content (AvgIpc) is 2.25. The molecule has 0 saturated carbocycles. The quantitative estimate of drug-likeness (QED) is 0.738. The molecule has 0 aliphatic carbocycles. The molecule has 1 unspecified atom stereocenters. The van der Waals surface area contributed by atoms with Gasteiger partial charge in [0.05, 0.1) is 5.92 Å². The largest absolute Gasteiger partial charge is 0.356 e. The summed E-state index contributed by atoms with van der Waals surface area (Å²) in [6.45, 7) is 3.74. The number of halogens is 2. The molecule has 1 aliphatic rings. The molecule has 1 saturated heterocycles. The van der Waals surface area contributed by atoms with Crippen LogP contribution in [0.15, 0.2) is 0 Å². The van der Waals surface area contributed by atoms with Crippen LogP contribution in [0, 0.1) is 5.92 Å². The molecule has 17 heavy (non-hydrogen) atoms. The predicted molar refractivity (Wildman–Crippen MR) is 76.3 cm³/mol. The van der Waals surface area contributed by atoms with Crippen LogP contribution < -0.4 is 10.6 Å². The summed E-state index contributed by atoms with van der Waals surface area (Å²) in [6.07, 6.45) is 3.18. The molecule has 0 spiro atoms. The number of carbonyl (C=O) groups excluding carboxylic acids is 1. The lowest BCUT2D eigenvalue weighted by atomic mass is 9.99. The molecule has 0 radical (unpaired) electrons.